The molecule has 0 aliphatic carbocycles. The van der Waals surface area contributed by atoms with Crippen molar-refractivity contribution in [3.8, 4) is 17.2 Å². The average Bonchev–Trinajstić information content (AvgIpc) is 2.89. The molecule has 8 N–H and O–H groups in total. The molecule has 4 aromatic carbocycles. The number of alkyl halides is 6. The topological polar surface area (TPSA) is 126 Å². The number of rotatable bonds is 7. The molecule has 41 heavy (non-hydrogen) atoms. The van der Waals surface area contributed by atoms with E-state index in [1.165, 1.54) is 72.8 Å². The standard InChI is InChI=1S/C14H13F3N2O2.C14H13F3N2O/c15-14(16,17)21-13-4-2-1-3-11(13)19-8-9-7-10(18)5-6-12(9)20;15-14(16,17)11-3-1-2-4-12(11)19-8-9-7-10(18)5-6-13(9)20/h1-7,19-20H,8,18H2;1-7,19-20H,8,18H2. The Morgan fingerprint density at radius 1 is 0.634 bits per heavy atom. The van der Waals surface area contributed by atoms with Crippen LogP contribution in [0.15, 0.2) is 84.9 Å². The zero-order valence-electron chi connectivity index (χ0n) is 21.2. The number of aromatic hydroxyl groups is 2. The fourth-order valence-corrected chi connectivity index (χ4v) is 3.59. The van der Waals surface area contributed by atoms with Gasteiger partial charge in [0.2, 0.25) is 0 Å². The first-order valence-corrected chi connectivity index (χ1v) is 11.9. The molecule has 4 aromatic rings. The molecule has 4 rings (SSSR count). The number of phenols is 2. The molecule has 0 aliphatic rings. The smallest absolute Gasteiger partial charge is 0.508 e. The van der Waals surface area contributed by atoms with Crippen LogP contribution in [0.4, 0.5) is 49.1 Å². The first-order chi connectivity index (χ1) is 19.2. The summed E-state index contributed by atoms with van der Waals surface area (Å²) in [6.07, 6.45) is -9.20. The van der Waals surface area contributed by atoms with Crippen LogP contribution in [-0.2, 0) is 19.3 Å². The Kier molecular flexibility index (Phi) is 9.66. The van der Waals surface area contributed by atoms with E-state index >= 15 is 0 Å². The number of ether oxygens (including phenoxy) is 1. The third-order valence-corrected chi connectivity index (χ3v) is 5.49. The monoisotopic (exact) mass is 580 g/mol. The molecule has 0 heterocycles. The van der Waals surface area contributed by atoms with Crippen molar-refractivity contribution < 1.29 is 41.3 Å². The number of nitrogens with two attached hydrogens (primary N) is 2. The van der Waals surface area contributed by atoms with Gasteiger partial charge in [0.05, 0.1) is 11.3 Å². The minimum absolute atomic E-state index is 0.00548. The number of para-hydroxylation sites is 3. The molecular formula is C28H26F6N4O3. The Balaban J connectivity index is 0.000000226. The molecule has 0 spiro atoms. The van der Waals surface area contributed by atoms with Crippen LogP contribution in [-0.4, -0.2) is 16.6 Å². The Morgan fingerprint density at radius 3 is 1.61 bits per heavy atom. The van der Waals surface area contributed by atoms with E-state index in [1.807, 2.05) is 0 Å². The summed E-state index contributed by atoms with van der Waals surface area (Å²) in [5, 5.41) is 24.7. The summed E-state index contributed by atoms with van der Waals surface area (Å²) in [7, 11) is 0. The second kappa shape index (κ2) is 12.9. The van der Waals surface area contributed by atoms with Crippen molar-refractivity contribution in [3.05, 3.63) is 102 Å². The molecule has 0 amide bonds. The van der Waals surface area contributed by atoms with Crippen molar-refractivity contribution in [1.29, 1.82) is 0 Å². The van der Waals surface area contributed by atoms with Crippen LogP contribution in [0.1, 0.15) is 16.7 Å². The van der Waals surface area contributed by atoms with E-state index in [1.54, 1.807) is 6.07 Å². The summed E-state index contributed by atoms with van der Waals surface area (Å²) in [6, 6.07) is 19.8. The number of halogens is 6. The van der Waals surface area contributed by atoms with Crippen molar-refractivity contribution in [2.45, 2.75) is 25.6 Å². The number of hydrogen-bond donors (Lipinski definition) is 6. The minimum Gasteiger partial charge on any atom is -0.508 e. The Morgan fingerprint density at radius 2 is 1.10 bits per heavy atom. The molecule has 0 fully saturated rings. The number of nitrogens with one attached hydrogen (secondary N) is 2. The highest BCUT2D eigenvalue weighted by molar-refractivity contribution is 5.58. The summed E-state index contributed by atoms with van der Waals surface area (Å²) in [6.45, 7) is 0.152. The highest BCUT2D eigenvalue weighted by atomic mass is 19.4. The van der Waals surface area contributed by atoms with Crippen molar-refractivity contribution >= 4 is 22.7 Å². The molecule has 218 valence electrons. The number of benzene rings is 4. The van der Waals surface area contributed by atoms with Gasteiger partial charge in [0, 0.05) is 41.3 Å². The molecule has 7 nitrogen and oxygen atoms in total. The van der Waals surface area contributed by atoms with Crippen LogP contribution >= 0.6 is 0 Å². The normalized spacial score (nSPS) is 11.3. The second-order valence-electron chi connectivity index (χ2n) is 8.57. The Hall–Kier alpha value is -4.94. The van der Waals surface area contributed by atoms with Crippen LogP contribution < -0.4 is 26.8 Å². The van der Waals surface area contributed by atoms with E-state index in [0.29, 0.717) is 22.5 Å². The molecule has 0 aromatic heterocycles. The van der Waals surface area contributed by atoms with Gasteiger partial charge in [-0.3, -0.25) is 0 Å². The SMILES string of the molecule is Nc1ccc(O)c(CNc2ccccc2C(F)(F)F)c1.Nc1ccc(O)c(CNc2ccccc2OC(F)(F)F)c1. The van der Waals surface area contributed by atoms with Gasteiger partial charge in [-0.15, -0.1) is 13.2 Å². The lowest BCUT2D eigenvalue weighted by atomic mass is 10.1. The highest BCUT2D eigenvalue weighted by Crippen LogP contribution is 2.35. The third-order valence-electron chi connectivity index (χ3n) is 5.49. The lowest BCUT2D eigenvalue weighted by molar-refractivity contribution is -0.274. The number of anilines is 4. The maximum Gasteiger partial charge on any atom is 0.573 e. The van der Waals surface area contributed by atoms with Gasteiger partial charge in [-0.1, -0.05) is 24.3 Å². The fourth-order valence-electron chi connectivity index (χ4n) is 3.59. The summed E-state index contributed by atoms with van der Waals surface area (Å²) >= 11 is 0. The van der Waals surface area contributed by atoms with Gasteiger partial charge in [-0.2, -0.15) is 13.2 Å². The molecule has 0 radical (unpaired) electrons. The maximum atomic E-state index is 12.8. The largest absolute Gasteiger partial charge is 0.573 e. The van der Waals surface area contributed by atoms with Gasteiger partial charge in [0.15, 0.2) is 5.75 Å². The van der Waals surface area contributed by atoms with Crippen molar-refractivity contribution in [2.24, 2.45) is 0 Å². The fraction of sp³-hybridized carbons (Fsp3) is 0.143. The van der Waals surface area contributed by atoms with E-state index < -0.39 is 18.1 Å². The molecule has 0 saturated carbocycles. The number of hydrogen-bond acceptors (Lipinski definition) is 7. The quantitative estimate of drug-likeness (QED) is 0.0783. The first-order valence-electron chi connectivity index (χ1n) is 11.9. The Labute approximate surface area is 231 Å². The number of phenolic OH excluding ortho intramolecular Hbond substituents is 2. The minimum atomic E-state index is -4.77. The molecular weight excluding hydrogens is 554 g/mol. The predicted octanol–water partition coefficient (Wildman–Crippen LogP) is 7.09. The van der Waals surface area contributed by atoms with E-state index in [2.05, 4.69) is 15.4 Å². The Bertz CT molecular complexity index is 1460. The molecule has 13 heteroatoms. The maximum absolute atomic E-state index is 12.8. The lowest BCUT2D eigenvalue weighted by Gasteiger charge is -2.15. The highest BCUT2D eigenvalue weighted by Gasteiger charge is 2.33. The molecule has 0 aliphatic heterocycles. The van der Waals surface area contributed by atoms with Crippen molar-refractivity contribution in [2.75, 3.05) is 22.1 Å². The van der Waals surface area contributed by atoms with Crippen LogP contribution in [0.5, 0.6) is 17.2 Å². The molecule has 0 atom stereocenters. The van der Waals surface area contributed by atoms with Crippen LogP contribution in [0, 0.1) is 0 Å². The van der Waals surface area contributed by atoms with Gasteiger partial charge in [-0.25, -0.2) is 0 Å². The van der Waals surface area contributed by atoms with Crippen molar-refractivity contribution in [3.63, 3.8) is 0 Å². The summed E-state index contributed by atoms with van der Waals surface area (Å²) < 4.78 is 79.2. The van der Waals surface area contributed by atoms with Gasteiger partial charge >= 0.3 is 12.5 Å². The summed E-state index contributed by atoms with van der Waals surface area (Å²) in [5.41, 5.74) is 12.3. The van der Waals surface area contributed by atoms with E-state index in [4.69, 9.17) is 11.5 Å². The zero-order chi connectivity index (χ0) is 30.2. The summed E-state index contributed by atoms with van der Waals surface area (Å²) in [5.74, 6) is -0.351. The van der Waals surface area contributed by atoms with E-state index in [-0.39, 0.29) is 41.7 Å². The van der Waals surface area contributed by atoms with Crippen molar-refractivity contribution in [1.82, 2.24) is 0 Å². The third kappa shape index (κ3) is 9.34. The van der Waals surface area contributed by atoms with Crippen LogP contribution in [0.2, 0.25) is 0 Å². The number of nitrogen functional groups attached to an aromatic ring is 2. The lowest BCUT2D eigenvalue weighted by Crippen LogP contribution is -2.18. The van der Waals surface area contributed by atoms with E-state index in [9.17, 15) is 36.6 Å². The van der Waals surface area contributed by atoms with Gasteiger partial charge in [-0.05, 0) is 60.7 Å². The zero-order valence-corrected chi connectivity index (χ0v) is 21.2. The predicted molar refractivity (Wildman–Crippen MR) is 144 cm³/mol. The van der Waals surface area contributed by atoms with Crippen LogP contribution in [0.25, 0.3) is 0 Å². The summed E-state index contributed by atoms with van der Waals surface area (Å²) in [4.78, 5) is 0. The average molecular weight is 581 g/mol. The second-order valence-corrected chi connectivity index (χ2v) is 8.57. The first kappa shape index (κ1) is 30.6. The molecule has 0 bridgehead atoms. The van der Waals surface area contributed by atoms with E-state index in [0.717, 1.165) is 6.07 Å². The molecule has 0 saturated heterocycles. The van der Waals surface area contributed by atoms with Crippen LogP contribution in [0.3, 0.4) is 0 Å². The van der Waals surface area contributed by atoms with Gasteiger partial charge in [0.1, 0.15) is 11.5 Å². The van der Waals surface area contributed by atoms with Gasteiger partial charge in [0.25, 0.3) is 0 Å². The molecule has 0 unspecified atom stereocenters. The van der Waals surface area contributed by atoms with Gasteiger partial charge < -0.3 is 37.1 Å².